The van der Waals surface area contributed by atoms with Crippen LogP contribution in [0, 0.1) is 0 Å². The molecule has 0 radical (unpaired) electrons. The van der Waals surface area contributed by atoms with Gasteiger partial charge in [-0.1, -0.05) is 47.0 Å². The second-order valence-corrected chi connectivity index (χ2v) is 8.27. The van der Waals surface area contributed by atoms with Crippen LogP contribution in [0.5, 0.6) is 0 Å². The van der Waals surface area contributed by atoms with E-state index in [2.05, 4.69) is 38.7 Å². The Balaban J connectivity index is 1.37. The standard InChI is InChI=1S/C24H17ClN4OS/c25-17-9-11-18(12-10-17)27-24-29-28-23(30-24)20-6-2-4-8-22(20)31-15-16-13-14-26-21-7-3-1-5-19(16)21/h1-14H,15H2,(H,27,29). The highest BCUT2D eigenvalue weighted by Gasteiger charge is 2.14. The monoisotopic (exact) mass is 444 g/mol. The Kier molecular flexibility index (Phi) is 5.56. The minimum absolute atomic E-state index is 0.331. The summed E-state index contributed by atoms with van der Waals surface area (Å²) in [5.41, 5.74) is 3.97. The summed E-state index contributed by atoms with van der Waals surface area (Å²) in [5.74, 6) is 1.28. The second kappa shape index (κ2) is 8.79. The minimum atomic E-state index is 0.331. The highest BCUT2D eigenvalue weighted by molar-refractivity contribution is 7.98. The molecule has 152 valence electrons. The molecule has 3 aromatic carbocycles. The first-order valence-electron chi connectivity index (χ1n) is 9.67. The van der Waals surface area contributed by atoms with Crippen LogP contribution >= 0.6 is 23.4 Å². The molecule has 7 heteroatoms. The molecule has 0 spiro atoms. The number of halogens is 1. The molecule has 0 unspecified atom stereocenters. The van der Waals surface area contributed by atoms with Gasteiger partial charge in [-0.25, -0.2) is 0 Å². The highest BCUT2D eigenvalue weighted by atomic mass is 35.5. The van der Waals surface area contributed by atoms with Crippen LogP contribution in [0.1, 0.15) is 5.56 Å². The predicted molar refractivity (Wildman–Crippen MR) is 126 cm³/mol. The van der Waals surface area contributed by atoms with Crippen LogP contribution in [-0.4, -0.2) is 15.2 Å². The fraction of sp³-hybridized carbons (Fsp3) is 0.0417. The Morgan fingerprint density at radius 1 is 0.871 bits per heavy atom. The molecule has 1 N–H and O–H groups in total. The molecule has 5 nitrogen and oxygen atoms in total. The van der Waals surface area contributed by atoms with Gasteiger partial charge in [0.2, 0.25) is 0 Å². The summed E-state index contributed by atoms with van der Waals surface area (Å²) in [4.78, 5) is 5.52. The summed E-state index contributed by atoms with van der Waals surface area (Å²) >= 11 is 7.67. The van der Waals surface area contributed by atoms with Crippen molar-refractivity contribution in [2.75, 3.05) is 5.32 Å². The van der Waals surface area contributed by atoms with Gasteiger partial charge in [-0.15, -0.1) is 16.9 Å². The van der Waals surface area contributed by atoms with Crippen LogP contribution in [0.15, 0.2) is 94.4 Å². The SMILES string of the molecule is Clc1ccc(Nc2nnc(-c3ccccc3SCc3ccnc4ccccc34)o2)cc1. The molecule has 2 heterocycles. The number of thioether (sulfide) groups is 1. The lowest BCUT2D eigenvalue weighted by Crippen LogP contribution is -1.89. The third kappa shape index (κ3) is 4.40. The zero-order valence-corrected chi connectivity index (χ0v) is 17.9. The van der Waals surface area contributed by atoms with Crippen LogP contribution in [0.3, 0.4) is 0 Å². The number of hydrogen-bond donors (Lipinski definition) is 1. The number of fused-ring (bicyclic) bond motifs is 1. The lowest BCUT2D eigenvalue weighted by Gasteiger charge is -2.08. The van der Waals surface area contributed by atoms with E-state index < -0.39 is 0 Å². The van der Waals surface area contributed by atoms with E-state index in [4.69, 9.17) is 16.0 Å². The number of para-hydroxylation sites is 1. The molecule has 0 aliphatic rings. The zero-order valence-electron chi connectivity index (χ0n) is 16.3. The van der Waals surface area contributed by atoms with Crippen molar-refractivity contribution >= 4 is 46.0 Å². The minimum Gasteiger partial charge on any atom is -0.403 e. The van der Waals surface area contributed by atoms with Crippen LogP contribution in [0.2, 0.25) is 5.02 Å². The molecule has 31 heavy (non-hydrogen) atoms. The smallest absolute Gasteiger partial charge is 0.320 e. The largest absolute Gasteiger partial charge is 0.403 e. The third-order valence-electron chi connectivity index (χ3n) is 4.76. The van der Waals surface area contributed by atoms with E-state index in [1.54, 1.807) is 23.9 Å². The van der Waals surface area contributed by atoms with Crippen molar-refractivity contribution in [2.45, 2.75) is 10.6 Å². The van der Waals surface area contributed by atoms with Crippen molar-refractivity contribution in [3.8, 4) is 11.5 Å². The van der Waals surface area contributed by atoms with Crippen molar-refractivity contribution in [2.24, 2.45) is 0 Å². The van der Waals surface area contributed by atoms with E-state index in [9.17, 15) is 0 Å². The highest BCUT2D eigenvalue weighted by Crippen LogP contribution is 2.34. The Hall–Kier alpha value is -3.35. The number of aromatic nitrogens is 3. The Morgan fingerprint density at radius 3 is 2.58 bits per heavy atom. The van der Waals surface area contributed by atoms with Crippen molar-refractivity contribution in [1.82, 2.24) is 15.2 Å². The van der Waals surface area contributed by atoms with Crippen molar-refractivity contribution < 1.29 is 4.42 Å². The molecular weight excluding hydrogens is 428 g/mol. The second-order valence-electron chi connectivity index (χ2n) is 6.82. The molecule has 0 bridgehead atoms. The van der Waals surface area contributed by atoms with Crippen LogP contribution in [0.4, 0.5) is 11.7 Å². The molecule has 0 atom stereocenters. The summed E-state index contributed by atoms with van der Waals surface area (Å²) in [6, 6.07) is 25.9. The van der Waals surface area contributed by atoms with Gasteiger partial charge in [0.15, 0.2) is 0 Å². The van der Waals surface area contributed by atoms with E-state index in [1.165, 1.54) is 10.9 Å². The summed E-state index contributed by atoms with van der Waals surface area (Å²) in [7, 11) is 0. The van der Waals surface area contributed by atoms with E-state index in [-0.39, 0.29) is 0 Å². The third-order valence-corrected chi connectivity index (χ3v) is 6.13. The van der Waals surface area contributed by atoms with Gasteiger partial charge in [0, 0.05) is 32.9 Å². The molecule has 5 rings (SSSR count). The average Bonchev–Trinajstić information content (AvgIpc) is 3.27. The van der Waals surface area contributed by atoms with Crippen LogP contribution < -0.4 is 5.32 Å². The maximum atomic E-state index is 5.94. The van der Waals surface area contributed by atoms with E-state index >= 15 is 0 Å². The predicted octanol–water partition coefficient (Wildman–Crippen LogP) is 6.97. The van der Waals surface area contributed by atoms with Gasteiger partial charge < -0.3 is 9.73 Å². The number of rotatable bonds is 6. The van der Waals surface area contributed by atoms with E-state index in [1.807, 2.05) is 54.7 Å². The number of nitrogens with one attached hydrogen (secondary N) is 1. The lowest BCUT2D eigenvalue weighted by molar-refractivity contribution is 0.586. The van der Waals surface area contributed by atoms with Crippen LogP contribution in [0.25, 0.3) is 22.4 Å². The number of benzene rings is 3. The number of pyridine rings is 1. The van der Waals surface area contributed by atoms with Gasteiger partial charge in [0.05, 0.1) is 11.1 Å². The van der Waals surface area contributed by atoms with Crippen LogP contribution in [-0.2, 0) is 5.75 Å². The molecule has 0 saturated heterocycles. The quantitative estimate of drug-likeness (QED) is 0.285. The van der Waals surface area contributed by atoms with Gasteiger partial charge in [-0.3, -0.25) is 4.98 Å². The van der Waals surface area contributed by atoms with Gasteiger partial charge in [-0.05, 0) is 54.1 Å². The fourth-order valence-electron chi connectivity index (χ4n) is 3.24. The molecule has 5 aromatic rings. The van der Waals surface area contributed by atoms with Crippen molar-refractivity contribution in [1.29, 1.82) is 0 Å². The fourth-order valence-corrected chi connectivity index (χ4v) is 4.42. The van der Waals surface area contributed by atoms with E-state index in [0.717, 1.165) is 27.4 Å². The Bertz CT molecular complexity index is 1330. The maximum Gasteiger partial charge on any atom is 0.320 e. The molecule has 0 aliphatic carbocycles. The number of nitrogens with zero attached hydrogens (tertiary/aromatic N) is 3. The Morgan fingerprint density at radius 2 is 1.68 bits per heavy atom. The topological polar surface area (TPSA) is 63.8 Å². The normalized spacial score (nSPS) is 11.0. The molecule has 0 saturated carbocycles. The first-order valence-corrected chi connectivity index (χ1v) is 11.0. The van der Waals surface area contributed by atoms with Crippen molar-refractivity contribution in [3.63, 3.8) is 0 Å². The summed E-state index contributed by atoms with van der Waals surface area (Å²) in [6.07, 6.45) is 1.86. The van der Waals surface area contributed by atoms with Crippen molar-refractivity contribution in [3.05, 3.63) is 95.6 Å². The van der Waals surface area contributed by atoms with Gasteiger partial charge in [0.25, 0.3) is 5.89 Å². The first-order chi connectivity index (χ1) is 15.3. The molecule has 2 aromatic heterocycles. The number of hydrogen-bond acceptors (Lipinski definition) is 6. The summed E-state index contributed by atoms with van der Waals surface area (Å²) < 4.78 is 5.88. The Labute approximate surface area is 188 Å². The summed E-state index contributed by atoms with van der Waals surface area (Å²) in [5, 5.41) is 13.3. The first kappa shape index (κ1) is 19.6. The number of anilines is 2. The maximum absolute atomic E-state index is 5.94. The molecular formula is C24H17ClN4OS. The average molecular weight is 445 g/mol. The van der Waals surface area contributed by atoms with Gasteiger partial charge in [-0.2, -0.15) is 0 Å². The van der Waals surface area contributed by atoms with Gasteiger partial charge >= 0.3 is 6.01 Å². The summed E-state index contributed by atoms with van der Waals surface area (Å²) in [6.45, 7) is 0. The zero-order chi connectivity index (χ0) is 21.0. The lowest BCUT2D eigenvalue weighted by atomic mass is 10.1. The van der Waals surface area contributed by atoms with Gasteiger partial charge in [0.1, 0.15) is 0 Å². The molecule has 0 fully saturated rings. The molecule has 0 amide bonds. The molecule has 0 aliphatic heterocycles. The van der Waals surface area contributed by atoms with E-state index in [0.29, 0.717) is 16.9 Å².